The van der Waals surface area contributed by atoms with E-state index in [1.807, 2.05) is 44.2 Å². The van der Waals surface area contributed by atoms with Crippen LogP contribution in [0.1, 0.15) is 97.6 Å². The van der Waals surface area contributed by atoms with Crippen LogP contribution in [0.3, 0.4) is 0 Å². The minimum atomic E-state index is -0.0178. The molecule has 2 aromatic rings. The number of hydrogen-bond acceptors (Lipinski definition) is 4. The van der Waals surface area contributed by atoms with Crippen molar-refractivity contribution in [3.63, 3.8) is 0 Å². The van der Waals surface area contributed by atoms with Gasteiger partial charge in [-0.2, -0.15) is 0 Å². The van der Waals surface area contributed by atoms with E-state index in [9.17, 15) is 4.79 Å². The Morgan fingerprint density at radius 2 is 1.85 bits per heavy atom. The van der Waals surface area contributed by atoms with E-state index in [-0.39, 0.29) is 5.91 Å². The van der Waals surface area contributed by atoms with E-state index >= 15 is 0 Å². The van der Waals surface area contributed by atoms with Crippen LogP contribution in [-0.4, -0.2) is 37.8 Å². The average molecular weight is 551 g/mol. The molecule has 1 aliphatic heterocycles. The van der Waals surface area contributed by atoms with Gasteiger partial charge in [-0.1, -0.05) is 78.2 Å². The van der Waals surface area contributed by atoms with Gasteiger partial charge in [-0.25, -0.2) is 0 Å². The van der Waals surface area contributed by atoms with Crippen molar-refractivity contribution >= 4 is 28.1 Å². The Labute approximate surface area is 244 Å². The molecule has 40 heavy (non-hydrogen) atoms. The zero-order valence-electron chi connectivity index (χ0n) is 26.5. The van der Waals surface area contributed by atoms with Gasteiger partial charge in [-0.3, -0.25) is 9.78 Å². The molecule has 5 nitrogen and oxygen atoms in total. The molecule has 222 valence electrons. The van der Waals surface area contributed by atoms with Gasteiger partial charge in [-0.15, -0.1) is 0 Å². The standard InChI is InChI=1S/C24H30N2O2.C6H12O.C5H12/c1-7-9-14-28-17(3)10-11-20(8-2)21-12-13-23-22(15-21)18(4)24(16-25-23)26(6)19(5)27;1-6-3-2-4-7-5-6;1-3-5-4-2/h8,10-13,15-16H,2,7,9,14H2,1,3-6H3;6H,2-5H2,1H3;3-5H2,1-2H3/b17-10+,20-11+;;/t;6-;/m.0./s1. The van der Waals surface area contributed by atoms with E-state index in [4.69, 9.17) is 9.47 Å². The average Bonchev–Trinajstić information content (AvgIpc) is 2.95. The molecule has 0 bridgehead atoms. The molecule has 5 heteroatoms. The number of carbonyl (C=O) groups is 1. The zero-order valence-corrected chi connectivity index (χ0v) is 26.5. The van der Waals surface area contributed by atoms with Gasteiger partial charge in [0.15, 0.2) is 0 Å². The molecule has 0 saturated carbocycles. The first-order valence-corrected chi connectivity index (χ1v) is 15.0. The van der Waals surface area contributed by atoms with Gasteiger partial charge in [0, 0.05) is 32.6 Å². The van der Waals surface area contributed by atoms with Gasteiger partial charge in [0.2, 0.25) is 5.91 Å². The number of allylic oxidation sites excluding steroid dienone is 5. The number of fused-ring (bicyclic) bond motifs is 1. The van der Waals surface area contributed by atoms with Gasteiger partial charge < -0.3 is 14.4 Å². The van der Waals surface area contributed by atoms with Crippen LogP contribution in [0.2, 0.25) is 0 Å². The highest BCUT2D eigenvalue weighted by Gasteiger charge is 2.13. The summed E-state index contributed by atoms with van der Waals surface area (Å²) < 4.78 is 10.9. The van der Waals surface area contributed by atoms with Crippen molar-refractivity contribution in [1.82, 2.24) is 4.98 Å². The highest BCUT2D eigenvalue weighted by Crippen LogP contribution is 2.29. The normalized spacial score (nSPS) is 15.3. The maximum absolute atomic E-state index is 11.8. The third-order valence-electron chi connectivity index (χ3n) is 6.92. The first kappa shape index (κ1) is 35.1. The van der Waals surface area contributed by atoms with Crippen molar-refractivity contribution in [2.45, 2.75) is 93.4 Å². The van der Waals surface area contributed by atoms with E-state index in [0.717, 1.165) is 77.6 Å². The number of ether oxygens (including phenoxy) is 2. The number of nitrogens with zero attached hydrogens (tertiary/aromatic N) is 2. The van der Waals surface area contributed by atoms with Gasteiger partial charge in [0.1, 0.15) is 0 Å². The van der Waals surface area contributed by atoms with Crippen molar-refractivity contribution in [1.29, 1.82) is 0 Å². The molecule has 1 fully saturated rings. The summed E-state index contributed by atoms with van der Waals surface area (Å²) in [5.74, 6) is 1.68. The zero-order chi connectivity index (χ0) is 29.9. The van der Waals surface area contributed by atoms with Crippen molar-refractivity contribution < 1.29 is 14.3 Å². The summed E-state index contributed by atoms with van der Waals surface area (Å²) in [5.41, 5.74) is 4.81. The number of pyridine rings is 1. The maximum atomic E-state index is 11.8. The van der Waals surface area contributed by atoms with E-state index in [1.54, 1.807) is 25.1 Å². The van der Waals surface area contributed by atoms with E-state index in [2.05, 4.69) is 45.3 Å². The van der Waals surface area contributed by atoms with Gasteiger partial charge in [0.05, 0.1) is 29.8 Å². The molecule has 1 aromatic carbocycles. The number of aryl methyl sites for hydroxylation is 1. The Hall–Kier alpha value is -2.92. The Morgan fingerprint density at radius 3 is 2.35 bits per heavy atom. The van der Waals surface area contributed by atoms with Crippen LogP contribution < -0.4 is 4.90 Å². The summed E-state index contributed by atoms with van der Waals surface area (Å²) >= 11 is 0. The number of rotatable bonds is 10. The molecule has 1 atom stereocenters. The first-order chi connectivity index (χ1) is 19.2. The second-order valence-electron chi connectivity index (χ2n) is 10.6. The van der Waals surface area contributed by atoms with E-state index in [0.29, 0.717) is 0 Å². The molecule has 1 aromatic heterocycles. The summed E-state index contributed by atoms with van der Waals surface area (Å²) in [6, 6.07) is 6.14. The molecule has 1 aliphatic rings. The fourth-order valence-electron chi connectivity index (χ4n) is 4.17. The number of aromatic nitrogens is 1. The molecule has 3 rings (SSSR count). The second kappa shape index (κ2) is 20.0. The van der Waals surface area contributed by atoms with Crippen LogP contribution in [0.4, 0.5) is 5.69 Å². The summed E-state index contributed by atoms with van der Waals surface area (Å²) in [4.78, 5) is 17.9. The molecular formula is C35H54N2O3. The number of benzene rings is 1. The minimum Gasteiger partial charge on any atom is -0.498 e. The highest BCUT2D eigenvalue weighted by atomic mass is 16.5. The predicted octanol–water partition coefficient (Wildman–Crippen LogP) is 9.45. The highest BCUT2D eigenvalue weighted by molar-refractivity contribution is 5.96. The van der Waals surface area contributed by atoms with Crippen molar-refractivity contribution in [3.05, 3.63) is 66.1 Å². The predicted molar refractivity (Wildman–Crippen MR) is 173 cm³/mol. The van der Waals surface area contributed by atoms with Crippen molar-refractivity contribution in [2.75, 3.05) is 31.8 Å². The lowest BCUT2D eigenvalue weighted by molar-refractivity contribution is -0.116. The minimum absolute atomic E-state index is 0.0178. The number of anilines is 1. The number of unbranched alkanes of at least 4 members (excludes halogenated alkanes) is 3. The molecule has 1 saturated heterocycles. The fourth-order valence-corrected chi connectivity index (χ4v) is 4.17. The van der Waals surface area contributed by atoms with Crippen LogP contribution >= 0.6 is 0 Å². The summed E-state index contributed by atoms with van der Waals surface area (Å²) in [7, 11) is 1.77. The lowest BCUT2D eigenvalue weighted by Gasteiger charge is -2.18. The SMILES string of the molecule is C=C/C(=C\C=C(/C)OCCCC)c1ccc2ncc(N(C)C(C)=O)c(C)c2c1.CCCCC.C[C@H]1CCCOC1. The second-order valence-corrected chi connectivity index (χ2v) is 10.6. The van der Waals surface area contributed by atoms with Crippen LogP contribution in [0.5, 0.6) is 0 Å². The molecule has 2 heterocycles. The van der Waals surface area contributed by atoms with Crippen LogP contribution in [0.15, 0.2) is 55.0 Å². The molecule has 0 radical (unpaired) electrons. The van der Waals surface area contributed by atoms with E-state index in [1.165, 1.54) is 32.1 Å². The van der Waals surface area contributed by atoms with Crippen molar-refractivity contribution in [3.8, 4) is 0 Å². The topological polar surface area (TPSA) is 51.7 Å². The number of amides is 1. The van der Waals surface area contributed by atoms with Gasteiger partial charge in [-0.05, 0) is 73.9 Å². The first-order valence-electron chi connectivity index (χ1n) is 15.0. The summed E-state index contributed by atoms with van der Waals surface area (Å²) in [6.07, 6.45) is 16.5. The number of hydrogen-bond donors (Lipinski definition) is 0. The van der Waals surface area contributed by atoms with Gasteiger partial charge >= 0.3 is 0 Å². The number of carbonyl (C=O) groups excluding carboxylic acids is 1. The Morgan fingerprint density at radius 1 is 1.15 bits per heavy atom. The fraction of sp³-hybridized carbons (Fsp3) is 0.543. The monoisotopic (exact) mass is 550 g/mol. The lowest BCUT2D eigenvalue weighted by Crippen LogP contribution is -2.23. The largest absolute Gasteiger partial charge is 0.498 e. The quantitative estimate of drug-likeness (QED) is 0.168. The molecular weight excluding hydrogens is 496 g/mol. The van der Waals surface area contributed by atoms with Crippen LogP contribution in [0, 0.1) is 12.8 Å². The summed E-state index contributed by atoms with van der Waals surface area (Å²) in [5, 5.41) is 1.02. The maximum Gasteiger partial charge on any atom is 0.223 e. The Bertz CT molecular complexity index is 1100. The molecule has 1 amide bonds. The summed E-state index contributed by atoms with van der Waals surface area (Å²) in [6.45, 7) is 21.0. The van der Waals surface area contributed by atoms with E-state index < -0.39 is 0 Å². The van der Waals surface area contributed by atoms with Crippen molar-refractivity contribution in [2.24, 2.45) is 5.92 Å². The third-order valence-corrected chi connectivity index (χ3v) is 6.92. The molecule has 0 N–H and O–H groups in total. The Kier molecular flexibility index (Phi) is 17.6. The molecule has 0 unspecified atom stereocenters. The molecule has 0 spiro atoms. The lowest BCUT2D eigenvalue weighted by atomic mass is 10.00. The third kappa shape index (κ3) is 12.5. The van der Waals surface area contributed by atoms with Crippen LogP contribution in [0.25, 0.3) is 16.5 Å². The van der Waals surface area contributed by atoms with Crippen LogP contribution in [-0.2, 0) is 14.3 Å². The molecule has 0 aliphatic carbocycles. The van der Waals surface area contributed by atoms with Gasteiger partial charge in [0.25, 0.3) is 0 Å². The Balaban J connectivity index is 0.000000549. The smallest absolute Gasteiger partial charge is 0.223 e.